The van der Waals surface area contributed by atoms with Gasteiger partial charge in [0.1, 0.15) is 18.7 Å². The fourth-order valence-corrected chi connectivity index (χ4v) is 2.85. The van der Waals surface area contributed by atoms with E-state index in [1.54, 1.807) is 38.9 Å². The number of hydrogen-bond acceptors (Lipinski definition) is 7. The molecule has 0 unspecified atom stereocenters. The molecule has 4 aromatic heterocycles. The molecule has 0 fully saturated rings. The van der Waals surface area contributed by atoms with Crippen molar-refractivity contribution < 1.29 is 4.79 Å². The lowest BCUT2D eigenvalue weighted by molar-refractivity contribution is -0.116. The average Bonchev–Trinajstić information content (AvgIpc) is 3.35. The zero-order chi connectivity index (χ0) is 19.0. The first-order chi connectivity index (χ1) is 13.0. The lowest BCUT2D eigenvalue weighted by Gasteiger charge is -2.08. The number of aromatic nitrogens is 8. The van der Waals surface area contributed by atoms with Gasteiger partial charge < -0.3 is 15.6 Å². The molecule has 0 aliphatic carbocycles. The summed E-state index contributed by atoms with van der Waals surface area (Å²) >= 11 is 0. The maximum absolute atomic E-state index is 12.5. The molecule has 0 bridgehead atoms. The van der Waals surface area contributed by atoms with Gasteiger partial charge in [-0.15, -0.1) is 0 Å². The number of imidazole rings is 2. The number of nitrogens with one attached hydrogen (secondary N) is 1. The van der Waals surface area contributed by atoms with Crippen molar-refractivity contribution in [1.29, 1.82) is 0 Å². The molecule has 138 valence electrons. The smallest absolute Gasteiger partial charge is 0.245 e. The zero-order valence-electron chi connectivity index (χ0n) is 14.9. The van der Waals surface area contributed by atoms with Gasteiger partial charge in [-0.2, -0.15) is 15.1 Å². The van der Waals surface area contributed by atoms with Gasteiger partial charge in [0.15, 0.2) is 17.0 Å². The molecule has 0 spiro atoms. The van der Waals surface area contributed by atoms with Crippen LogP contribution in [0.1, 0.15) is 12.6 Å². The predicted octanol–water partition coefficient (Wildman–Crippen LogP) is 0.758. The van der Waals surface area contributed by atoms with E-state index < -0.39 is 0 Å². The Kier molecular flexibility index (Phi) is 4.03. The monoisotopic (exact) mass is 366 g/mol. The number of carbonyl (C=O) groups excluding carboxylic acids is 1. The molecule has 11 heteroatoms. The van der Waals surface area contributed by atoms with Crippen molar-refractivity contribution in [2.45, 2.75) is 26.9 Å². The van der Waals surface area contributed by atoms with Crippen LogP contribution in [-0.4, -0.2) is 44.8 Å². The summed E-state index contributed by atoms with van der Waals surface area (Å²) < 4.78 is 5.06. The molecule has 0 saturated carbocycles. The summed E-state index contributed by atoms with van der Waals surface area (Å²) in [5, 5.41) is 7.18. The van der Waals surface area contributed by atoms with E-state index in [9.17, 15) is 4.79 Å². The summed E-state index contributed by atoms with van der Waals surface area (Å²) in [6, 6.07) is 1.82. The van der Waals surface area contributed by atoms with Gasteiger partial charge in [0, 0.05) is 25.0 Å². The average molecular weight is 366 g/mol. The summed E-state index contributed by atoms with van der Waals surface area (Å²) in [6.45, 7) is 4.53. The molecule has 1 amide bonds. The largest absolute Gasteiger partial charge is 0.368 e. The summed E-state index contributed by atoms with van der Waals surface area (Å²) in [6.07, 6.45) is 6.51. The third kappa shape index (κ3) is 3.10. The van der Waals surface area contributed by atoms with Gasteiger partial charge in [0.25, 0.3) is 0 Å². The molecule has 4 rings (SSSR count). The first-order valence-corrected chi connectivity index (χ1v) is 8.36. The zero-order valence-corrected chi connectivity index (χ0v) is 14.9. The third-order valence-corrected chi connectivity index (χ3v) is 3.99. The summed E-state index contributed by atoms with van der Waals surface area (Å²) in [7, 11) is 0. The highest BCUT2D eigenvalue weighted by atomic mass is 16.2. The fraction of sp³-hybridized carbons (Fsp3) is 0.250. The van der Waals surface area contributed by atoms with Gasteiger partial charge >= 0.3 is 0 Å². The normalized spacial score (nSPS) is 11.2. The minimum absolute atomic E-state index is 0.0320. The van der Waals surface area contributed by atoms with Crippen molar-refractivity contribution in [3.05, 3.63) is 36.8 Å². The van der Waals surface area contributed by atoms with Gasteiger partial charge in [-0.25, -0.2) is 14.6 Å². The molecule has 0 atom stereocenters. The Hall–Kier alpha value is -3.76. The Bertz CT molecular complexity index is 1110. The molecule has 0 saturated heterocycles. The van der Waals surface area contributed by atoms with E-state index in [0.717, 1.165) is 5.69 Å². The molecular formula is C16H18N10O. The number of nitrogen functional groups attached to an aromatic ring is 1. The van der Waals surface area contributed by atoms with E-state index in [2.05, 4.69) is 30.4 Å². The Morgan fingerprint density at radius 2 is 2.15 bits per heavy atom. The molecule has 0 aromatic carbocycles. The molecular weight excluding hydrogens is 348 g/mol. The first-order valence-electron chi connectivity index (χ1n) is 8.36. The second-order valence-electron chi connectivity index (χ2n) is 5.95. The Morgan fingerprint density at radius 1 is 1.30 bits per heavy atom. The molecule has 3 N–H and O–H groups in total. The van der Waals surface area contributed by atoms with E-state index in [1.807, 2.05) is 19.9 Å². The molecule has 27 heavy (non-hydrogen) atoms. The standard InChI is InChI=1S/C16H18N10O/c1-3-26-11(6-10(2)23-26)20-12(27)7-25-9-19-13-14(24-5-4-18-8-24)21-16(17)22-15(13)25/h4-6,8-9H,3,7H2,1-2H3,(H,20,27)(H2,17,21,22). The van der Waals surface area contributed by atoms with E-state index in [1.165, 1.54) is 0 Å². The highest BCUT2D eigenvalue weighted by molar-refractivity contribution is 5.91. The number of amides is 1. The fourth-order valence-electron chi connectivity index (χ4n) is 2.85. The van der Waals surface area contributed by atoms with Crippen LogP contribution in [0.5, 0.6) is 0 Å². The summed E-state index contributed by atoms with van der Waals surface area (Å²) in [4.78, 5) is 29.3. The highest BCUT2D eigenvalue weighted by Crippen LogP contribution is 2.19. The number of aryl methyl sites for hydroxylation is 2. The number of carbonyl (C=O) groups is 1. The molecule has 4 heterocycles. The van der Waals surface area contributed by atoms with E-state index in [-0.39, 0.29) is 18.4 Å². The van der Waals surface area contributed by atoms with Crippen LogP contribution in [0.4, 0.5) is 11.8 Å². The quantitative estimate of drug-likeness (QED) is 0.532. The van der Waals surface area contributed by atoms with E-state index >= 15 is 0 Å². The molecule has 0 aliphatic rings. The van der Waals surface area contributed by atoms with Crippen LogP contribution in [-0.2, 0) is 17.9 Å². The van der Waals surface area contributed by atoms with Crippen molar-refractivity contribution >= 4 is 28.8 Å². The second-order valence-corrected chi connectivity index (χ2v) is 5.95. The number of nitrogens with zero attached hydrogens (tertiary/aromatic N) is 8. The number of hydrogen-bond donors (Lipinski definition) is 2. The lowest BCUT2D eigenvalue weighted by Crippen LogP contribution is -2.20. The Morgan fingerprint density at radius 3 is 2.89 bits per heavy atom. The van der Waals surface area contributed by atoms with Gasteiger partial charge in [-0.1, -0.05) is 0 Å². The van der Waals surface area contributed by atoms with Gasteiger partial charge in [-0.3, -0.25) is 9.36 Å². The minimum atomic E-state index is -0.217. The topological polar surface area (TPSA) is 134 Å². The van der Waals surface area contributed by atoms with Crippen molar-refractivity contribution in [3.63, 3.8) is 0 Å². The number of nitrogens with two attached hydrogens (primary N) is 1. The van der Waals surface area contributed by atoms with Crippen LogP contribution >= 0.6 is 0 Å². The molecule has 4 aromatic rings. The van der Waals surface area contributed by atoms with Gasteiger partial charge in [0.05, 0.1) is 12.0 Å². The Labute approximate surface area is 153 Å². The predicted molar refractivity (Wildman–Crippen MR) is 98.1 cm³/mol. The van der Waals surface area contributed by atoms with Crippen LogP contribution in [0.25, 0.3) is 17.0 Å². The van der Waals surface area contributed by atoms with Gasteiger partial charge in [-0.05, 0) is 13.8 Å². The van der Waals surface area contributed by atoms with Gasteiger partial charge in [0.2, 0.25) is 11.9 Å². The number of rotatable bonds is 5. The Balaban J connectivity index is 1.64. The molecule has 11 nitrogen and oxygen atoms in total. The van der Waals surface area contributed by atoms with E-state index in [0.29, 0.717) is 29.3 Å². The SMILES string of the molecule is CCn1nc(C)cc1NC(=O)Cn1cnc2c(-n3ccnc3)nc(N)nc21. The van der Waals surface area contributed by atoms with E-state index in [4.69, 9.17) is 5.73 Å². The second kappa shape index (κ2) is 6.52. The summed E-state index contributed by atoms with van der Waals surface area (Å²) in [5.74, 6) is 1.03. The number of fused-ring (bicyclic) bond motifs is 1. The van der Waals surface area contributed by atoms with Crippen LogP contribution in [0, 0.1) is 6.92 Å². The van der Waals surface area contributed by atoms with Crippen molar-refractivity contribution in [1.82, 2.24) is 38.9 Å². The van der Waals surface area contributed by atoms with Crippen LogP contribution < -0.4 is 11.1 Å². The van der Waals surface area contributed by atoms with Crippen LogP contribution in [0.3, 0.4) is 0 Å². The number of anilines is 2. The van der Waals surface area contributed by atoms with Crippen LogP contribution in [0.15, 0.2) is 31.1 Å². The highest BCUT2D eigenvalue weighted by Gasteiger charge is 2.16. The minimum Gasteiger partial charge on any atom is -0.368 e. The van der Waals surface area contributed by atoms with Crippen LogP contribution in [0.2, 0.25) is 0 Å². The maximum atomic E-state index is 12.5. The first kappa shape index (κ1) is 16.7. The van der Waals surface area contributed by atoms with Crippen molar-refractivity contribution in [2.75, 3.05) is 11.1 Å². The maximum Gasteiger partial charge on any atom is 0.245 e. The lowest BCUT2D eigenvalue weighted by atomic mass is 10.4. The molecule has 0 radical (unpaired) electrons. The van der Waals surface area contributed by atoms with Crippen molar-refractivity contribution in [3.8, 4) is 5.82 Å². The summed E-state index contributed by atoms with van der Waals surface area (Å²) in [5.41, 5.74) is 7.69. The molecule has 0 aliphatic heterocycles. The van der Waals surface area contributed by atoms with Crippen molar-refractivity contribution in [2.24, 2.45) is 0 Å². The third-order valence-electron chi connectivity index (χ3n) is 3.99.